The fourth-order valence-corrected chi connectivity index (χ4v) is 3.02. The fourth-order valence-electron chi connectivity index (χ4n) is 2.02. The van der Waals surface area contributed by atoms with Crippen LogP contribution in [0.1, 0.15) is 32.1 Å². The lowest BCUT2D eigenvalue weighted by Gasteiger charge is -2.23. The first-order valence-corrected chi connectivity index (χ1v) is 7.30. The molecule has 3 unspecified atom stereocenters. The van der Waals surface area contributed by atoms with Crippen molar-refractivity contribution < 1.29 is 14.2 Å². The second-order valence-corrected chi connectivity index (χ2v) is 5.94. The molecule has 16 heavy (non-hydrogen) atoms. The van der Waals surface area contributed by atoms with Crippen LogP contribution in [0.2, 0.25) is 0 Å². The zero-order valence-corrected chi connectivity index (χ0v) is 12.4. The van der Waals surface area contributed by atoms with Gasteiger partial charge in [0, 0.05) is 18.1 Å². The van der Waals surface area contributed by atoms with Gasteiger partial charge in [0.15, 0.2) is 0 Å². The van der Waals surface area contributed by atoms with Crippen LogP contribution in [0.4, 0.5) is 0 Å². The molecule has 0 saturated heterocycles. The number of hydrogen-bond acceptors (Lipinski definition) is 3. The SMILES string of the molecule is COCC(COC1CCCCCC1I)OC. The van der Waals surface area contributed by atoms with Crippen molar-refractivity contribution in [2.75, 3.05) is 27.4 Å². The second-order valence-electron chi connectivity index (χ2n) is 4.34. The van der Waals surface area contributed by atoms with E-state index in [-0.39, 0.29) is 6.10 Å². The van der Waals surface area contributed by atoms with Crippen LogP contribution in [0.15, 0.2) is 0 Å². The van der Waals surface area contributed by atoms with Crippen molar-refractivity contribution in [3.05, 3.63) is 0 Å². The third kappa shape index (κ3) is 5.29. The van der Waals surface area contributed by atoms with Crippen LogP contribution in [0.5, 0.6) is 0 Å². The lowest BCUT2D eigenvalue weighted by atomic mass is 10.1. The van der Waals surface area contributed by atoms with Crippen molar-refractivity contribution in [2.45, 2.75) is 48.2 Å². The quantitative estimate of drug-likeness (QED) is 0.422. The Morgan fingerprint density at radius 2 is 1.88 bits per heavy atom. The number of alkyl halides is 1. The first-order valence-electron chi connectivity index (χ1n) is 6.05. The Labute approximate surface area is 112 Å². The molecule has 0 N–H and O–H groups in total. The minimum atomic E-state index is 0.0665. The van der Waals surface area contributed by atoms with Gasteiger partial charge in [-0.25, -0.2) is 0 Å². The summed E-state index contributed by atoms with van der Waals surface area (Å²) >= 11 is 2.53. The summed E-state index contributed by atoms with van der Waals surface area (Å²) in [6.45, 7) is 1.25. The highest BCUT2D eigenvalue weighted by atomic mass is 127. The lowest BCUT2D eigenvalue weighted by molar-refractivity contribution is -0.0548. The molecular weight excluding hydrogens is 319 g/mol. The normalized spacial score (nSPS) is 28.7. The maximum Gasteiger partial charge on any atom is 0.104 e. The predicted octanol–water partition coefficient (Wildman–Crippen LogP) is 2.80. The molecule has 0 aromatic heterocycles. The Hall–Kier alpha value is 0.610. The highest BCUT2D eigenvalue weighted by Crippen LogP contribution is 2.26. The number of rotatable bonds is 6. The molecule has 1 aliphatic rings. The number of hydrogen-bond donors (Lipinski definition) is 0. The molecule has 3 nitrogen and oxygen atoms in total. The van der Waals surface area contributed by atoms with E-state index in [0.717, 1.165) is 0 Å². The highest BCUT2D eigenvalue weighted by molar-refractivity contribution is 14.1. The summed E-state index contributed by atoms with van der Waals surface area (Å²) in [7, 11) is 3.40. The van der Waals surface area contributed by atoms with E-state index in [0.29, 0.717) is 23.2 Å². The van der Waals surface area contributed by atoms with Gasteiger partial charge in [-0.2, -0.15) is 0 Å². The van der Waals surface area contributed by atoms with Gasteiger partial charge in [0.1, 0.15) is 6.10 Å². The number of halogens is 1. The maximum atomic E-state index is 5.97. The van der Waals surface area contributed by atoms with Gasteiger partial charge < -0.3 is 14.2 Å². The van der Waals surface area contributed by atoms with E-state index in [1.54, 1.807) is 14.2 Å². The fraction of sp³-hybridized carbons (Fsp3) is 1.00. The van der Waals surface area contributed by atoms with E-state index >= 15 is 0 Å². The van der Waals surface area contributed by atoms with E-state index in [1.807, 2.05) is 0 Å². The smallest absolute Gasteiger partial charge is 0.104 e. The summed E-state index contributed by atoms with van der Waals surface area (Å²) in [6.07, 6.45) is 6.94. The largest absolute Gasteiger partial charge is 0.382 e. The molecule has 0 aromatic carbocycles. The third-order valence-corrected chi connectivity index (χ3v) is 4.48. The average molecular weight is 342 g/mol. The summed E-state index contributed by atoms with van der Waals surface area (Å²) in [5.41, 5.74) is 0. The van der Waals surface area contributed by atoms with Gasteiger partial charge in [-0.3, -0.25) is 0 Å². The molecular formula is C12H23IO3. The van der Waals surface area contributed by atoms with Gasteiger partial charge in [-0.05, 0) is 12.8 Å². The second kappa shape index (κ2) is 8.66. The minimum Gasteiger partial charge on any atom is -0.382 e. The standard InChI is InChI=1S/C12H23IO3/c1-14-8-10(15-2)9-16-12-7-5-3-4-6-11(12)13/h10-12H,3-9H2,1-2H3. The van der Waals surface area contributed by atoms with Crippen molar-refractivity contribution in [3.8, 4) is 0 Å². The van der Waals surface area contributed by atoms with Crippen LogP contribution in [0, 0.1) is 0 Å². The van der Waals surface area contributed by atoms with Gasteiger partial charge in [0.25, 0.3) is 0 Å². The zero-order valence-electron chi connectivity index (χ0n) is 10.3. The summed E-state index contributed by atoms with van der Waals surface area (Å²) in [4.78, 5) is 0. The Kier molecular flexibility index (Phi) is 7.94. The molecule has 0 aromatic rings. The van der Waals surface area contributed by atoms with E-state index in [2.05, 4.69) is 22.6 Å². The number of methoxy groups -OCH3 is 2. The molecule has 1 aliphatic carbocycles. The summed E-state index contributed by atoms with van der Waals surface area (Å²) in [5, 5.41) is 0. The molecule has 0 heterocycles. The molecule has 0 amide bonds. The van der Waals surface area contributed by atoms with Gasteiger partial charge >= 0.3 is 0 Å². The first-order chi connectivity index (χ1) is 7.77. The molecule has 0 aliphatic heterocycles. The Balaban J connectivity index is 2.27. The van der Waals surface area contributed by atoms with E-state index in [1.165, 1.54) is 32.1 Å². The number of ether oxygens (including phenoxy) is 3. The molecule has 1 rings (SSSR count). The third-order valence-electron chi connectivity index (χ3n) is 3.05. The van der Waals surface area contributed by atoms with Crippen LogP contribution in [0.25, 0.3) is 0 Å². The topological polar surface area (TPSA) is 27.7 Å². The molecule has 1 fully saturated rings. The van der Waals surface area contributed by atoms with Crippen molar-refractivity contribution in [3.63, 3.8) is 0 Å². The predicted molar refractivity (Wildman–Crippen MR) is 73.3 cm³/mol. The van der Waals surface area contributed by atoms with Gasteiger partial charge in [0.05, 0.1) is 19.3 Å². The van der Waals surface area contributed by atoms with Crippen molar-refractivity contribution in [1.82, 2.24) is 0 Å². The van der Waals surface area contributed by atoms with Crippen molar-refractivity contribution >= 4 is 22.6 Å². The molecule has 0 bridgehead atoms. The molecule has 3 atom stereocenters. The van der Waals surface area contributed by atoms with Gasteiger partial charge in [0.2, 0.25) is 0 Å². The Morgan fingerprint density at radius 3 is 2.56 bits per heavy atom. The van der Waals surface area contributed by atoms with Crippen LogP contribution < -0.4 is 0 Å². The molecule has 0 spiro atoms. The molecule has 4 heteroatoms. The van der Waals surface area contributed by atoms with E-state index in [9.17, 15) is 0 Å². The van der Waals surface area contributed by atoms with E-state index < -0.39 is 0 Å². The maximum absolute atomic E-state index is 5.97. The van der Waals surface area contributed by atoms with Crippen LogP contribution in [0.3, 0.4) is 0 Å². The summed E-state index contributed by atoms with van der Waals surface area (Å²) in [6, 6.07) is 0. The molecule has 0 radical (unpaired) electrons. The summed E-state index contributed by atoms with van der Waals surface area (Å²) < 4.78 is 17.0. The van der Waals surface area contributed by atoms with Crippen LogP contribution in [-0.2, 0) is 14.2 Å². The Morgan fingerprint density at radius 1 is 1.12 bits per heavy atom. The zero-order chi connectivity index (χ0) is 11.8. The van der Waals surface area contributed by atoms with Crippen molar-refractivity contribution in [2.24, 2.45) is 0 Å². The van der Waals surface area contributed by atoms with Crippen molar-refractivity contribution in [1.29, 1.82) is 0 Å². The van der Waals surface area contributed by atoms with Crippen LogP contribution in [-0.4, -0.2) is 43.6 Å². The first kappa shape index (κ1) is 14.7. The molecule has 96 valence electrons. The molecule has 1 saturated carbocycles. The Bertz CT molecular complexity index is 178. The lowest BCUT2D eigenvalue weighted by Crippen LogP contribution is -2.30. The van der Waals surface area contributed by atoms with Gasteiger partial charge in [-0.1, -0.05) is 41.9 Å². The highest BCUT2D eigenvalue weighted by Gasteiger charge is 2.22. The van der Waals surface area contributed by atoms with E-state index in [4.69, 9.17) is 14.2 Å². The summed E-state index contributed by atoms with van der Waals surface area (Å²) in [5.74, 6) is 0. The van der Waals surface area contributed by atoms with Gasteiger partial charge in [-0.15, -0.1) is 0 Å². The minimum absolute atomic E-state index is 0.0665. The monoisotopic (exact) mass is 342 g/mol. The average Bonchev–Trinajstić information content (AvgIpc) is 2.49. The van der Waals surface area contributed by atoms with Crippen LogP contribution >= 0.6 is 22.6 Å².